The summed E-state index contributed by atoms with van der Waals surface area (Å²) in [6, 6.07) is 15.2. The van der Waals surface area contributed by atoms with E-state index in [0.717, 1.165) is 9.87 Å². The maximum Gasteiger partial charge on any atom is 0.264 e. The van der Waals surface area contributed by atoms with Crippen molar-refractivity contribution in [2.75, 3.05) is 7.05 Å². The lowest BCUT2D eigenvalue weighted by Gasteiger charge is -2.29. The second-order valence-corrected chi connectivity index (χ2v) is 7.92. The predicted molar refractivity (Wildman–Crippen MR) is 96.7 cm³/mol. The third-order valence-electron chi connectivity index (χ3n) is 4.19. The molecule has 1 heterocycles. The molecule has 0 aromatic heterocycles. The SMILES string of the molecule is C/C(NC(=O)Cc1ccccc1)=C1\C(=O)c2ccccc2S(=O)(=O)N1C. The number of carbonyl (C=O) groups excluding carboxylic acids is 2. The lowest BCUT2D eigenvalue weighted by atomic mass is 10.1. The molecule has 1 amide bonds. The number of likely N-dealkylation sites (N-methyl/N-ethyl adjacent to an activating group) is 1. The largest absolute Gasteiger partial charge is 0.328 e. The number of nitrogens with zero attached hydrogens (tertiary/aromatic N) is 1. The summed E-state index contributed by atoms with van der Waals surface area (Å²) >= 11 is 0. The number of allylic oxidation sites excluding steroid dienone is 2. The lowest BCUT2D eigenvalue weighted by Crippen LogP contribution is -2.39. The Morgan fingerprint density at radius 3 is 2.35 bits per heavy atom. The number of benzene rings is 2. The average molecular weight is 370 g/mol. The normalized spacial score (nSPS) is 17.5. The molecule has 0 atom stereocenters. The van der Waals surface area contributed by atoms with Gasteiger partial charge in [0, 0.05) is 18.3 Å². The van der Waals surface area contributed by atoms with E-state index in [1.807, 2.05) is 30.3 Å². The molecule has 134 valence electrons. The van der Waals surface area contributed by atoms with Crippen LogP contribution in [0, 0.1) is 0 Å². The van der Waals surface area contributed by atoms with Crippen LogP contribution in [0.3, 0.4) is 0 Å². The maximum absolute atomic E-state index is 12.8. The minimum atomic E-state index is -3.84. The van der Waals surface area contributed by atoms with Crippen LogP contribution < -0.4 is 5.32 Å². The van der Waals surface area contributed by atoms with Crippen molar-refractivity contribution in [1.82, 2.24) is 9.62 Å². The minimum Gasteiger partial charge on any atom is -0.328 e. The monoisotopic (exact) mass is 370 g/mol. The topological polar surface area (TPSA) is 83.5 Å². The van der Waals surface area contributed by atoms with Crippen molar-refractivity contribution in [1.29, 1.82) is 0 Å². The van der Waals surface area contributed by atoms with Crippen LogP contribution in [0.5, 0.6) is 0 Å². The smallest absolute Gasteiger partial charge is 0.264 e. The standard InChI is InChI=1S/C19H18N2O4S/c1-13(20-17(22)12-14-8-4-3-5-9-14)18-19(23)15-10-6-7-11-16(15)26(24,25)21(18)2/h3-11H,12H2,1-2H3,(H,20,22)/b18-13-. The number of carbonyl (C=O) groups is 2. The molecule has 0 unspecified atom stereocenters. The molecule has 6 nitrogen and oxygen atoms in total. The maximum atomic E-state index is 12.8. The highest BCUT2D eigenvalue weighted by molar-refractivity contribution is 7.89. The summed E-state index contributed by atoms with van der Waals surface area (Å²) in [4.78, 5) is 25.0. The molecule has 7 heteroatoms. The van der Waals surface area contributed by atoms with E-state index >= 15 is 0 Å². The molecule has 0 fully saturated rings. The van der Waals surface area contributed by atoms with Gasteiger partial charge in [-0.05, 0) is 24.6 Å². The highest BCUT2D eigenvalue weighted by Gasteiger charge is 2.38. The first kappa shape index (κ1) is 17.9. The molecular weight excluding hydrogens is 352 g/mol. The van der Waals surface area contributed by atoms with Crippen LogP contribution in [-0.4, -0.2) is 31.5 Å². The van der Waals surface area contributed by atoms with E-state index in [2.05, 4.69) is 5.32 Å². The van der Waals surface area contributed by atoms with Gasteiger partial charge in [0.15, 0.2) is 0 Å². The van der Waals surface area contributed by atoms with Gasteiger partial charge in [-0.1, -0.05) is 42.5 Å². The Hall–Kier alpha value is -2.93. The van der Waals surface area contributed by atoms with Crippen molar-refractivity contribution in [3.63, 3.8) is 0 Å². The Bertz CT molecular complexity index is 1010. The minimum absolute atomic E-state index is 0.0281. The molecule has 0 saturated carbocycles. The average Bonchev–Trinajstić information content (AvgIpc) is 2.61. The number of fused-ring (bicyclic) bond motifs is 1. The van der Waals surface area contributed by atoms with Crippen molar-refractivity contribution < 1.29 is 18.0 Å². The Balaban J connectivity index is 1.94. The van der Waals surface area contributed by atoms with E-state index in [9.17, 15) is 18.0 Å². The second-order valence-electron chi connectivity index (χ2n) is 5.98. The highest BCUT2D eigenvalue weighted by Crippen LogP contribution is 2.31. The zero-order valence-corrected chi connectivity index (χ0v) is 15.2. The fourth-order valence-electron chi connectivity index (χ4n) is 2.92. The Morgan fingerprint density at radius 1 is 1.04 bits per heavy atom. The predicted octanol–water partition coefficient (Wildman–Crippen LogP) is 2.09. The molecule has 0 bridgehead atoms. The zero-order valence-electron chi connectivity index (χ0n) is 14.4. The molecule has 0 spiro atoms. The summed E-state index contributed by atoms with van der Waals surface area (Å²) in [5.41, 5.74) is 1.09. The van der Waals surface area contributed by atoms with Crippen molar-refractivity contribution in [3.8, 4) is 0 Å². The van der Waals surface area contributed by atoms with E-state index in [1.54, 1.807) is 12.1 Å². The molecule has 1 aliphatic rings. The number of hydrogen-bond donors (Lipinski definition) is 1. The van der Waals surface area contributed by atoms with Crippen LogP contribution >= 0.6 is 0 Å². The number of sulfonamides is 1. The van der Waals surface area contributed by atoms with Gasteiger partial charge < -0.3 is 5.32 Å². The van der Waals surface area contributed by atoms with Crippen LogP contribution in [0.4, 0.5) is 0 Å². The van der Waals surface area contributed by atoms with Gasteiger partial charge in [0.05, 0.1) is 11.3 Å². The molecule has 2 aromatic rings. The molecule has 0 radical (unpaired) electrons. The first-order chi connectivity index (χ1) is 12.3. The third-order valence-corrected chi connectivity index (χ3v) is 6.01. The molecule has 26 heavy (non-hydrogen) atoms. The zero-order chi connectivity index (χ0) is 18.9. The number of hydrogen-bond acceptors (Lipinski definition) is 4. The van der Waals surface area contributed by atoms with Crippen LogP contribution in [0.25, 0.3) is 0 Å². The van der Waals surface area contributed by atoms with Gasteiger partial charge in [-0.25, -0.2) is 8.42 Å². The number of rotatable bonds is 3. The number of ketones is 1. The summed E-state index contributed by atoms with van der Waals surface area (Å²) in [6.07, 6.45) is 0.132. The molecule has 1 N–H and O–H groups in total. The fraction of sp³-hybridized carbons (Fsp3) is 0.158. The molecule has 1 aliphatic heterocycles. The molecular formula is C19H18N2O4S. The lowest BCUT2D eigenvalue weighted by molar-refractivity contribution is -0.119. The van der Waals surface area contributed by atoms with Gasteiger partial charge in [-0.2, -0.15) is 0 Å². The van der Waals surface area contributed by atoms with Crippen molar-refractivity contribution in [2.24, 2.45) is 0 Å². The summed E-state index contributed by atoms with van der Waals surface area (Å²) in [5, 5.41) is 2.64. The Morgan fingerprint density at radius 2 is 1.65 bits per heavy atom. The van der Waals surface area contributed by atoms with Crippen LogP contribution in [-0.2, 0) is 21.2 Å². The van der Waals surface area contributed by atoms with E-state index in [0.29, 0.717) is 0 Å². The van der Waals surface area contributed by atoms with Gasteiger partial charge in [-0.3, -0.25) is 13.9 Å². The van der Waals surface area contributed by atoms with Crippen LogP contribution in [0.1, 0.15) is 22.8 Å². The summed E-state index contributed by atoms with van der Waals surface area (Å²) in [5.74, 6) is -0.755. The van der Waals surface area contributed by atoms with Gasteiger partial charge in [0.2, 0.25) is 11.7 Å². The third kappa shape index (κ3) is 3.13. The summed E-state index contributed by atoms with van der Waals surface area (Å²) in [7, 11) is -2.53. The van der Waals surface area contributed by atoms with Gasteiger partial charge in [-0.15, -0.1) is 0 Å². The van der Waals surface area contributed by atoms with E-state index in [4.69, 9.17) is 0 Å². The Kier molecular flexibility index (Phi) is 4.65. The summed E-state index contributed by atoms with van der Waals surface area (Å²) < 4.78 is 26.3. The van der Waals surface area contributed by atoms with E-state index in [1.165, 1.54) is 26.1 Å². The van der Waals surface area contributed by atoms with Crippen LogP contribution in [0.2, 0.25) is 0 Å². The Labute approximate surface area is 152 Å². The fourth-order valence-corrected chi connectivity index (χ4v) is 4.36. The second kappa shape index (κ2) is 6.76. The molecule has 0 saturated heterocycles. The first-order valence-corrected chi connectivity index (χ1v) is 9.43. The molecule has 3 rings (SSSR count). The van der Waals surface area contributed by atoms with Crippen LogP contribution in [0.15, 0.2) is 70.9 Å². The van der Waals surface area contributed by atoms with Gasteiger partial charge in [0.25, 0.3) is 10.0 Å². The van der Waals surface area contributed by atoms with E-state index < -0.39 is 15.8 Å². The number of Topliss-reactive ketones (excluding diaryl/α,β-unsaturated/α-hetero) is 1. The highest BCUT2D eigenvalue weighted by atomic mass is 32.2. The van der Waals surface area contributed by atoms with E-state index in [-0.39, 0.29) is 34.2 Å². The number of amides is 1. The van der Waals surface area contributed by atoms with Crippen molar-refractivity contribution in [2.45, 2.75) is 18.2 Å². The quantitative estimate of drug-likeness (QED) is 0.839. The van der Waals surface area contributed by atoms with Gasteiger partial charge >= 0.3 is 0 Å². The van der Waals surface area contributed by atoms with Gasteiger partial charge in [0.1, 0.15) is 5.70 Å². The van der Waals surface area contributed by atoms with Crippen molar-refractivity contribution >= 4 is 21.7 Å². The molecule has 0 aliphatic carbocycles. The van der Waals surface area contributed by atoms with Crippen molar-refractivity contribution in [3.05, 3.63) is 77.1 Å². The first-order valence-electron chi connectivity index (χ1n) is 7.99. The number of nitrogens with one attached hydrogen (secondary N) is 1. The summed E-state index contributed by atoms with van der Waals surface area (Å²) in [6.45, 7) is 1.52. The molecule has 2 aromatic carbocycles.